The molecule has 0 unspecified atom stereocenters. The number of halogens is 1. The van der Waals surface area contributed by atoms with Gasteiger partial charge >= 0.3 is 0 Å². The fraction of sp³-hybridized carbons (Fsp3) is 0.143. The molecule has 0 fully saturated rings. The summed E-state index contributed by atoms with van der Waals surface area (Å²) in [6.45, 7) is 0.231. The van der Waals surface area contributed by atoms with E-state index >= 15 is 0 Å². The maximum Gasteiger partial charge on any atom is 0.257 e. The standard InChI is InChI=1S/C21H18ClN3O3S/c1-25(29(26,27)19-11-8-15-4-2-3-5-17(15)14-19)13-12-20-23-21(28-24-20)16-6-9-18(22)10-7-16/h2-11,14H,12-13H2,1H3. The maximum atomic E-state index is 12.9. The van der Waals surface area contributed by atoms with Crippen molar-refractivity contribution in [1.29, 1.82) is 0 Å². The molecule has 0 atom stereocenters. The van der Waals surface area contributed by atoms with E-state index in [1.54, 1.807) is 43.4 Å². The lowest BCUT2D eigenvalue weighted by molar-refractivity contribution is 0.415. The number of likely N-dealkylation sites (N-methyl/N-ethyl adjacent to an activating group) is 1. The quantitative estimate of drug-likeness (QED) is 0.455. The van der Waals surface area contributed by atoms with Crippen molar-refractivity contribution in [1.82, 2.24) is 14.4 Å². The highest BCUT2D eigenvalue weighted by molar-refractivity contribution is 7.89. The third-order valence-electron chi connectivity index (χ3n) is 4.64. The summed E-state index contributed by atoms with van der Waals surface area (Å²) in [5.41, 5.74) is 0.755. The van der Waals surface area contributed by atoms with E-state index in [9.17, 15) is 8.42 Å². The Labute approximate surface area is 173 Å². The highest BCUT2D eigenvalue weighted by atomic mass is 35.5. The lowest BCUT2D eigenvalue weighted by Crippen LogP contribution is -2.29. The largest absolute Gasteiger partial charge is 0.334 e. The van der Waals surface area contributed by atoms with E-state index in [1.807, 2.05) is 30.3 Å². The van der Waals surface area contributed by atoms with Crippen molar-refractivity contribution >= 4 is 32.4 Å². The van der Waals surface area contributed by atoms with E-state index in [2.05, 4.69) is 10.1 Å². The third kappa shape index (κ3) is 4.17. The second-order valence-electron chi connectivity index (χ2n) is 6.61. The second-order valence-corrected chi connectivity index (χ2v) is 9.09. The van der Waals surface area contributed by atoms with Crippen LogP contribution in [0.15, 0.2) is 76.1 Å². The van der Waals surface area contributed by atoms with E-state index in [-0.39, 0.29) is 11.4 Å². The smallest absolute Gasteiger partial charge is 0.257 e. The van der Waals surface area contributed by atoms with Gasteiger partial charge in [0.15, 0.2) is 5.82 Å². The fourth-order valence-electron chi connectivity index (χ4n) is 2.95. The highest BCUT2D eigenvalue weighted by Gasteiger charge is 2.21. The minimum Gasteiger partial charge on any atom is -0.334 e. The molecule has 148 valence electrons. The van der Waals surface area contributed by atoms with Crippen LogP contribution < -0.4 is 0 Å². The van der Waals surface area contributed by atoms with Gasteiger partial charge < -0.3 is 4.52 Å². The van der Waals surface area contributed by atoms with E-state index in [0.29, 0.717) is 23.2 Å². The number of hydrogen-bond acceptors (Lipinski definition) is 5. The SMILES string of the molecule is CN(CCc1noc(-c2ccc(Cl)cc2)n1)S(=O)(=O)c1ccc2ccccc2c1. The molecule has 1 heterocycles. The zero-order chi connectivity index (χ0) is 20.4. The maximum absolute atomic E-state index is 12.9. The molecule has 0 aliphatic heterocycles. The van der Waals surface area contributed by atoms with Gasteiger partial charge in [0.25, 0.3) is 5.89 Å². The molecular weight excluding hydrogens is 410 g/mol. The Bertz CT molecular complexity index is 1250. The van der Waals surface area contributed by atoms with Crippen LogP contribution in [-0.4, -0.2) is 36.5 Å². The molecule has 4 rings (SSSR count). The Hall–Kier alpha value is -2.74. The highest BCUT2D eigenvalue weighted by Crippen LogP contribution is 2.22. The monoisotopic (exact) mass is 427 g/mol. The number of rotatable bonds is 6. The summed E-state index contributed by atoms with van der Waals surface area (Å²) in [6.07, 6.45) is 0.334. The zero-order valence-corrected chi connectivity index (χ0v) is 17.2. The topological polar surface area (TPSA) is 76.3 Å². The van der Waals surface area contributed by atoms with E-state index < -0.39 is 10.0 Å². The van der Waals surface area contributed by atoms with E-state index in [1.165, 1.54) is 4.31 Å². The van der Waals surface area contributed by atoms with Gasteiger partial charge in [0.05, 0.1) is 4.90 Å². The number of hydrogen-bond donors (Lipinski definition) is 0. The first-order chi connectivity index (χ1) is 13.9. The van der Waals surface area contributed by atoms with Crippen molar-refractivity contribution in [3.8, 4) is 11.5 Å². The van der Waals surface area contributed by atoms with Crippen LogP contribution in [0, 0.1) is 0 Å². The van der Waals surface area contributed by atoms with Crippen molar-refractivity contribution in [3.05, 3.63) is 77.6 Å². The Kier molecular flexibility index (Phi) is 5.36. The normalized spacial score (nSPS) is 12.0. The molecule has 0 saturated heterocycles. The van der Waals surface area contributed by atoms with Gasteiger partial charge in [-0.3, -0.25) is 0 Å². The molecule has 0 saturated carbocycles. The minimum absolute atomic E-state index is 0.231. The average Bonchev–Trinajstić information content (AvgIpc) is 3.21. The molecular formula is C21H18ClN3O3S. The summed E-state index contributed by atoms with van der Waals surface area (Å²) in [7, 11) is -2.07. The van der Waals surface area contributed by atoms with E-state index in [4.69, 9.17) is 16.1 Å². The molecule has 3 aromatic carbocycles. The predicted octanol–water partition coefficient (Wildman–Crippen LogP) is 4.41. The number of fused-ring (bicyclic) bond motifs is 1. The Morgan fingerprint density at radius 3 is 2.48 bits per heavy atom. The first-order valence-electron chi connectivity index (χ1n) is 8.97. The lowest BCUT2D eigenvalue weighted by atomic mass is 10.1. The van der Waals surface area contributed by atoms with Crippen LogP contribution >= 0.6 is 11.6 Å². The van der Waals surface area contributed by atoms with Gasteiger partial charge in [0.1, 0.15) is 0 Å². The van der Waals surface area contributed by atoms with Crippen molar-refractivity contribution in [2.45, 2.75) is 11.3 Å². The molecule has 0 aliphatic carbocycles. The summed E-state index contributed by atoms with van der Waals surface area (Å²) in [5, 5.41) is 6.44. The van der Waals surface area contributed by atoms with E-state index in [0.717, 1.165) is 16.3 Å². The summed E-state index contributed by atoms with van der Waals surface area (Å²) in [4.78, 5) is 4.59. The molecule has 8 heteroatoms. The molecule has 29 heavy (non-hydrogen) atoms. The predicted molar refractivity (Wildman–Crippen MR) is 112 cm³/mol. The molecule has 0 radical (unpaired) electrons. The van der Waals surface area contributed by atoms with Crippen molar-refractivity contribution < 1.29 is 12.9 Å². The summed E-state index contributed by atoms with van der Waals surface area (Å²) in [6, 6.07) is 19.8. The summed E-state index contributed by atoms with van der Waals surface area (Å²) >= 11 is 5.89. The molecule has 0 bridgehead atoms. The Morgan fingerprint density at radius 2 is 1.72 bits per heavy atom. The number of nitrogens with zero attached hydrogens (tertiary/aromatic N) is 3. The van der Waals surface area contributed by atoms with Crippen LogP contribution in [0.5, 0.6) is 0 Å². The van der Waals surface area contributed by atoms with Crippen LogP contribution in [0.3, 0.4) is 0 Å². The molecule has 4 aromatic rings. The second kappa shape index (κ2) is 7.94. The number of aromatic nitrogens is 2. The summed E-state index contributed by atoms with van der Waals surface area (Å²) < 4.78 is 32.4. The van der Waals surface area contributed by atoms with Gasteiger partial charge in [-0.2, -0.15) is 4.98 Å². The van der Waals surface area contributed by atoms with Gasteiger partial charge in [0.2, 0.25) is 10.0 Å². The summed E-state index contributed by atoms with van der Waals surface area (Å²) in [5.74, 6) is 0.812. The number of benzene rings is 3. The zero-order valence-electron chi connectivity index (χ0n) is 15.6. The Balaban J connectivity index is 1.47. The van der Waals surface area contributed by atoms with Crippen molar-refractivity contribution in [2.24, 2.45) is 0 Å². The average molecular weight is 428 g/mol. The van der Waals surface area contributed by atoms with Gasteiger partial charge in [-0.1, -0.05) is 47.1 Å². The first kappa shape index (κ1) is 19.6. The minimum atomic E-state index is -3.62. The van der Waals surface area contributed by atoms with Crippen LogP contribution in [0.4, 0.5) is 0 Å². The molecule has 0 spiro atoms. The van der Waals surface area contributed by atoms with Gasteiger partial charge in [-0.05, 0) is 47.2 Å². The van der Waals surface area contributed by atoms with Crippen molar-refractivity contribution in [2.75, 3.05) is 13.6 Å². The Morgan fingerprint density at radius 1 is 1.00 bits per heavy atom. The van der Waals surface area contributed by atoms with Gasteiger partial charge in [0, 0.05) is 30.6 Å². The molecule has 0 N–H and O–H groups in total. The molecule has 6 nitrogen and oxygen atoms in total. The fourth-order valence-corrected chi connectivity index (χ4v) is 4.28. The van der Waals surface area contributed by atoms with Gasteiger partial charge in [-0.25, -0.2) is 12.7 Å². The van der Waals surface area contributed by atoms with Crippen LogP contribution in [0.25, 0.3) is 22.2 Å². The molecule has 0 amide bonds. The molecule has 1 aromatic heterocycles. The third-order valence-corrected chi connectivity index (χ3v) is 6.74. The van der Waals surface area contributed by atoms with Crippen LogP contribution in [0.2, 0.25) is 5.02 Å². The molecule has 0 aliphatic rings. The lowest BCUT2D eigenvalue weighted by Gasteiger charge is -2.16. The van der Waals surface area contributed by atoms with Crippen molar-refractivity contribution in [3.63, 3.8) is 0 Å². The first-order valence-corrected chi connectivity index (χ1v) is 10.8. The van der Waals surface area contributed by atoms with Crippen LogP contribution in [-0.2, 0) is 16.4 Å². The van der Waals surface area contributed by atoms with Gasteiger partial charge in [-0.15, -0.1) is 0 Å². The number of sulfonamides is 1. The van der Waals surface area contributed by atoms with Crippen LogP contribution in [0.1, 0.15) is 5.82 Å².